The van der Waals surface area contributed by atoms with Crippen LogP contribution in [0.25, 0.3) is 5.69 Å². The summed E-state index contributed by atoms with van der Waals surface area (Å²) in [6.45, 7) is 6.15. The van der Waals surface area contributed by atoms with E-state index in [0.717, 1.165) is 22.8 Å². The number of hydrogen-bond acceptors (Lipinski definition) is 4. The van der Waals surface area contributed by atoms with Gasteiger partial charge in [0.05, 0.1) is 22.7 Å². The van der Waals surface area contributed by atoms with Crippen LogP contribution in [-0.2, 0) is 4.79 Å². The highest BCUT2D eigenvalue weighted by molar-refractivity contribution is 8.00. The molecular formula is C18H22N4OS. The van der Waals surface area contributed by atoms with Crippen molar-refractivity contribution in [1.82, 2.24) is 15.1 Å². The lowest BCUT2D eigenvalue weighted by molar-refractivity contribution is -0.120. The number of nitriles is 1. The van der Waals surface area contributed by atoms with Crippen molar-refractivity contribution >= 4 is 17.7 Å². The van der Waals surface area contributed by atoms with Crippen LogP contribution in [0, 0.1) is 24.2 Å². The first-order valence-electron chi connectivity index (χ1n) is 7.94. The van der Waals surface area contributed by atoms with E-state index < -0.39 is 0 Å². The van der Waals surface area contributed by atoms with Crippen molar-refractivity contribution in [2.75, 3.05) is 6.54 Å². The molecule has 2 aromatic rings. The first-order valence-corrected chi connectivity index (χ1v) is 8.82. The molecule has 0 aliphatic rings. The fraction of sp³-hybridized carbons (Fsp3) is 0.389. The number of aryl methyl sites for hydroxylation is 1. The summed E-state index contributed by atoms with van der Waals surface area (Å²) in [6, 6.07) is 13.8. The number of rotatable bonds is 7. The Labute approximate surface area is 147 Å². The maximum Gasteiger partial charge on any atom is 0.234 e. The highest BCUT2D eigenvalue weighted by Gasteiger charge is 2.23. The van der Waals surface area contributed by atoms with Gasteiger partial charge < -0.3 is 5.32 Å². The van der Waals surface area contributed by atoms with Gasteiger partial charge in [-0.15, -0.1) is 0 Å². The summed E-state index contributed by atoms with van der Waals surface area (Å²) in [6.07, 6.45) is 0.737. The minimum absolute atomic E-state index is 0.0327. The number of nitrogens with zero attached hydrogens (tertiary/aromatic N) is 3. The van der Waals surface area contributed by atoms with Crippen molar-refractivity contribution in [3.05, 3.63) is 42.1 Å². The average molecular weight is 342 g/mol. The van der Waals surface area contributed by atoms with Gasteiger partial charge in [-0.2, -0.15) is 10.4 Å². The maximum atomic E-state index is 12.4. The first kappa shape index (κ1) is 18.1. The summed E-state index contributed by atoms with van der Waals surface area (Å²) < 4.78 is 1.87. The molecular weight excluding hydrogens is 320 g/mol. The van der Waals surface area contributed by atoms with Crippen LogP contribution in [0.3, 0.4) is 0 Å². The Balaban J connectivity index is 2.26. The van der Waals surface area contributed by atoms with Gasteiger partial charge in [-0.3, -0.25) is 4.79 Å². The maximum absolute atomic E-state index is 12.4. The molecule has 0 spiro atoms. The molecule has 0 saturated heterocycles. The number of thioether (sulfide) groups is 1. The van der Waals surface area contributed by atoms with E-state index in [1.807, 2.05) is 54.1 Å². The molecule has 1 aromatic carbocycles. The van der Waals surface area contributed by atoms with Crippen molar-refractivity contribution in [3.8, 4) is 11.8 Å². The third kappa shape index (κ3) is 4.87. The monoisotopic (exact) mass is 342 g/mol. The summed E-state index contributed by atoms with van der Waals surface area (Å²) in [4.78, 5) is 12.4. The van der Waals surface area contributed by atoms with Gasteiger partial charge in [-0.1, -0.05) is 43.8 Å². The van der Waals surface area contributed by atoms with Crippen molar-refractivity contribution in [2.24, 2.45) is 5.92 Å². The Kier molecular flexibility index (Phi) is 6.44. The third-order valence-electron chi connectivity index (χ3n) is 3.38. The molecule has 1 heterocycles. The standard InChI is InChI=1S/C18H22N4OS/c1-13(2)11-16(18(23)20-10-9-19)24-17-12-14(3)21-22(17)15-7-5-4-6-8-15/h4-8,12-13,16H,10-11H2,1-3H3,(H,20,23). The van der Waals surface area contributed by atoms with Crippen molar-refractivity contribution in [3.63, 3.8) is 0 Å². The predicted octanol–water partition coefficient (Wildman–Crippen LogP) is 3.33. The highest BCUT2D eigenvalue weighted by Crippen LogP contribution is 2.30. The molecule has 1 aromatic heterocycles. The van der Waals surface area contributed by atoms with E-state index in [0.29, 0.717) is 5.92 Å². The number of hydrogen-bond donors (Lipinski definition) is 1. The Morgan fingerprint density at radius 3 is 2.71 bits per heavy atom. The highest BCUT2D eigenvalue weighted by atomic mass is 32.2. The number of benzene rings is 1. The SMILES string of the molecule is Cc1cc(SC(CC(C)C)C(=O)NCC#N)n(-c2ccccc2)n1. The zero-order valence-corrected chi connectivity index (χ0v) is 15.0. The molecule has 0 aliphatic carbocycles. The Morgan fingerprint density at radius 2 is 2.08 bits per heavy atom. The van der Waals surface area contributed by atoms with E-state index in [9.17, 15) is 4.79 Å². The summed E-state index contributed by atoms with van der Waals surface area (Å²) in [5.41, 5.74) is 1.87. The zero-order valence-electron chi connectivity index (χ0n) is 14.2. The van der Waals surface area contributed by atoms with Gasteiger partial charge in [0.1, 0.15) is 11.6 Å². The first-order chi connectivity index (χ1) is 11.5. The van der Waals surface area contributed by atoms with Crippen LogP contribution >= 0.6 is 11.8 Å². The molecule has 0 saturated carbocycles. The molecule has 1 N–H and O–H groups in total. The second kappa shape index (κ2) is 8.55. The molecule has 6 heteroatoms. The summed E-state index contributed by atoms with van der Waals surface area (Å²) in [7, 11) is 0. The number of nitrogens with one attached hydrogen (secondary N) is 1. The molecule has 1 unspecified atom stereocenters. The predicted molar refractivity (Wildman–Crippen MR) is 96.0 cm³/mol. The second-order valence-corrected chi connectivity index (χ2v) is 7.21. The largest absolute Gasteiger partial charge is 0.342 e. The Morgan fingerprint density at radius 1 is 1.38 bits per heavy atom. The van der Waals surface area contributed by atoms with Gasteiger partial charge >= 0.3 is 0 Å². The number of carbonyl (C=O) groups excluding carboxylic acids is 1. The molecule has 0 fully saturated rings. The van der Waals surface area contributed by atoms with E-state index in [1.54, 1.807) is 0 Å². The summed E-state index contributed by atoms with van der Waals surface area (Å²) in [5.74, 6) is 0.276. The zero-order chi connectivity index (χ0) is 17.5. The molecule has 0 radical (unpaired) electrons. The van der Waals surface area contributed by atoms with Crippen LogP contribution in [0.5, 0.6) is 0 Å². The van der Waals surface area contributed by atoms with Crippen molar-refractivity contribution < 1.29 is 4.79 Å². The smallest absolute Gasteiger partial charge is 0.234 e. The number of carbonyl (C=O) groups is 1. The summed E-state index contributed by atoms with van der Waals surface area (Å²) in [5, 5.41) is 16.6. The van der Waals surface area contributed by atoms with Gasteiger partial charge in [0.15, 0.2) is 0 Å². The van der Waals surface area contributed by atoms with E-state index in [1.165, 1.54) is 11.8 Å². The molecule has 0 aliphatic heterocycles. The fourth-order valence-electron chi connectivity index (χ4n) is 2.34. The van der Waals surface area contributed by atoms with Crippen LogP contribution < -0.4 is 5.32 Å². The van der Waals surface area contributed by atoms with Gasteiger partial charge in [0.2, 0.25) is 5.91 Å². The van der Waals surface area contributed by atoms with E-state index in [-0.39, 0.29) is 17.7 Å². The number of amides is 1. The van der Waals surface area contributed by atoms with Gasteiger partial charge in [0, 0.05) is 0 Å². The summed E-state index contributed by atoms with van der Waals surface area (Å²) >= 11 is 1.50. The van der Waals surface area contributed by atoms with Crippen LogP contribution in [-0.4, -0.2) is 27.5 Å². The lowest BCUT2D eigenvalue weighted by Crippen LogP contribution is -2.33. The van der Waals surface area contributed by atoms with Gasteiger partial charge in [-0.25, -0.2) is 4.68 Å². The van der Waals surface area contributed by atoms with Crippen LogP contribution in [0.2, 0.25) is 0 Å². The minimum Gasteiger partial charge on any atom is -0.342 e. The molecule has 1 amide bonds. The minimum atomic E-state index is -0.253. The van der Waals surface area contributed by atoms with Crippen LogP contribution in [0.15, 0.2) is 41.4 Å². The topological polar surface area (TPSA) is 70.7 Å². The molecule has 5 nitrogen and oxygen atoms in total. The third-order valence-corrected chi connectivity index (χ3v) is 4.61. The van der Waals surface area contributed by atoms with Crippen molar-refractivity contribution in [1.29, 1.82) is 5.26 Å². The van der Waals surface area contributed by atoms with E-state index in [4.69, 9.17) is 5.26 Å². The van der Waals surface area contributed by atoms with Gasteiger partial charge in [-0.05, 0) is 37.5 Å². The van der Waals surface area contributed by atoms with Gasteiger partial charge in [0.25, 0.3) is 0 Å². The van der Waals surface area contributed by atoms with E-state index >= 15 is 0 Å². The molecule has 126 valence electrons. The Bertz CT molecular complexity index is 718. The lowest BCUT2D eigenvalue weighted by Gasteiger charge is -2.18. The Hall–Kier alpha value is -2.26. The normalized spacial score (nSPS) is 12.0. The number of para-hydroxylation sites is 1. The second-order valence-electron chi connectivity index (χ2n) is 5.98. The fourth-order valence-corrected chi connectivity index (χ4v) is 3.78. The van der Waals surface area contributed by atoms with Crippen LogP contribution in [0.4, 0.5) is 0 Å². The molecule has 2 rings (SSSR count). The van der Waals surface area contributed by atoms with Crippen LogP contribution in [0.1, 0.15) is 26.0 Å². The van der Waals surface area contributed by atoms with Crippen molar-refractivity contribution in [2.45, 2.75) is 37.5 Å². The quantitative estimate of drug-likeness (QED) is 0.619. The molecule has 24 heavy (non-hydrogen) atoms. The molecule has 0 bridgehead atoms. The molecule has 1 atom stereocenters. The average Bonchev–Trinajstić information content (AvgIpc) is 2.93. The number of aromatic nitrogens is 2. The van der Waals surface area contributed by atoms with E-state index in [2.05, 4.69) is 24.3 Å². The lowest BCUT2D eigenvalue weighted by atomic mass is 10.1.